The topological polar surface area (TPSA) is 94.6 Å². The number of benzene rings is 1. The first-order chi connectivity index (χ1) is 12.4. The molecule has 3 N–H and O–H groups in total. The Hall–Kier alpha value is -2.60. The van der Waals surface area contributed by atoms with Crippen molar-refractivity contribution in [3.8, 4) is 11.3 Å². The molecule has 0 aliphatic carbocycles. The van der Waals surface area contributed by atoms with Gasteiger partial charge in [-0.3, -0.25) is 4.79 Å². The highest BCUT2D eigenvalue weighted by Gasteiger charge is 2.25. The van der Waals surface area contributed by atoms with Gasteiger partial charge < -0.3 is 20.2 Å². The molecule has 1 heterocycles. The molecule has 6 nitrogen and oxygen atoms in total. The van der Waals surface area contributed by atoms with Crippen molar-refractivity contribution in [3.63, 3.8) is 0 Å². The van der Waals surface area contributed by atoms with Crippen LogP contribution < -0.4 is 11.1 Å². The van der Waals surface area contributed by atoms with E-state index >= 15 is 0 Å². The third-order valence-electron chi connectivity index (χ3n) is 4.06. The van der Waals surface area contributed by atoms with Gasteiger partial charge in [-0.1, -0.05) is 38.1 Å². The standard InChI is InChI=1S/C20H26N2O4/c1-13(2)11-16(21)19(23)22-17(20(24)25-3)12-14-6-8-15(9-7-14)18-5-4-10-26-18/h4-10,13,16-17H,11-12,21H2,1-3H3,(H,22,23)/t16-,17-/m0/s1. The van der Waals surface area contributed by atoms with Crippen molar-refractivity contribution >= 4 is 11.9 Å². The van der Waals surface area contributed by atoms with Gasteiger partial charge in [0.15, 0.2) is 0 Å². The molecule has 6 heteroatoms. The number of nitrogens with one attached hydrogen (secondary N) is 1. The van der Waals surface area contributed by atoms with Crippen LogP contribution in [-0.2, 0) is 20.7 Å². The molecule has 2 rings (SSSR count). The lowest BCUT2D eigenvalue weighted by Crippen LogP contribution is -2.50. The van der Waals surface area contributed by atoms with E-state index in [1.165, 1.54) is 7.11 Å². The highest BCUT2D eigenvalue weighted by Crippen LogP contribution is 2.20. The van der Waals surface area contributed by atoms with Crippen LogP contribution in [0.3, 0.4) is 0 Å². The van der Waals surface area contributed by atoms with Crippen LogP contribution in [0.5, 0.6) is 0 Å². The fraction of sp³-hybridized carbons (Fsp3) is 0.400. The molecule has 1 aromatic heterocycles. The number of furan rings is 1. The highest BCUT2D eigenvalue weighted by atomic mass is 16.5. The molecule has 2 aromatic rings. The first kappa shape index (κ1) is 19.7. The van der Waals surface area contributed by atoms with Crippen molar-refractivity contribution in [1.29, 1.82) is 0 Å². The number of carbonyl (C=O) groups is 2. The lowest BCUT2D eigenvalue weighted by Gasteiger charge is -2.20. The normalized spacial score (nSPS) is 13.3. The summed E-state index contributed by atoms with van der Waals surface area (Å²) in [6.07, 6.45) is 2.50. The van der Waals surface area contributed by atoms with Gasteiger partial charge >= 0.3 is 5.97 Å². The average Bonchev–Trinajstić information content (AvgIpc) is 3.15. The molecule has 140 valence electrons. The van der Waals surface area contributed by atoms with E-state index in [0.717, 1.165) is 16.9 Å². The number of hydrogen-bond donors (Lipinski definition) is 2. The van der Waals surface area contributed by atoms with E-state index in [4.69, 9.17) is 14.9 Å². The second-order valence-electron chi connectivity index (χ2n) is 6.70. The van der Waals surface area contributed by atoms with Crippen molar-refractivity contribution in [1.82, 2.24) is 5.32 Å². The Morgan fingerprint density at radius 1 is 1.19 bits per heavy atom. The summed E-state index contributed by atoms with van der Waals surface area (Å²) in [5, 5.41) is 2.71. The Balaban J connectivity index is 2.05. The quantitative estimate of drug-likeness (QED) is 0.707. The number of amides is 1. The minimum atomic E-state index is -0.778. The van der Waals surface area contributed by atoms with Crippen LogP contribution in [0, 0.1) is 5.92 Å². The highest BCUT2D eigenvalue weighted by molar-refractivity contribution is 5.87. The number of hydrogen-bond acceptors (Lipinski definition) is 5. The summed E-state index contributed by atoms with van der Waals surface area (Å²) in [6, 6.07) is 9.89. The van der Waals surface area contributed by atoms with Gasteiger partial charge in [-0.2, -0.15) is 0 Å². The summed E-state index contributed by atoms with van der Waals surface area (Å²) >= 11 is 0. The van der Waals surface area contributed by atoms with Crippen LogP contribution >= 0.6 is 0 Å². The van der Waals surface area contributed by atoms with Crippen LogP contribution in [0.15, 0.2) is 47.1 Å². The summed E-state index contributed by atoms with van der Waals surface area (Å²) in [7, 11) is 1.30. The van der Waals surface area contributed by atoms with Gasteiger partial charge in [0.05, 0.1) is 19.4 Å². The van der Waals surface area contributed by atoms with Crippen LogP contribution in [0.25, 0.3) is 11.3 Å². The molecule has 0 aliphatic heterocycles. The number of methoxy groups -OCH3 is 1. The predicted molar refractivity (Wildman–Crippen MR) is 99.2 cm³/mol. The maximum absolute atomic E-state index is 12.3. The summed E-state index contributed by atoms with van der Waals surface area (Å²) in [6.45, 7) is 3.98. The average molecular weight is 358 g/mol. The smallest absolute Gasteiger partial charge is 0.328 e. The van der Waals surface area contributed by atoms with Crippen molar-refractivity contribution in [2.24, 2.45) is 11.7 Å². The maximum atomic E-state index is 12.3. The van der Waals surface area contributed by atoms with Crippen LogP contribution in [-0.4, -0.2) is 31.1 Å². The number of esters is 1. The summed E-state index contributed by atoms with van der Waals surface area (Å²) in [5.41, 5.74) is 7.74. The van der Waals surface area contributed by atoms with Crippen molar-refractivity contribution in [2.75, 3.05) is 7.11 Å². The fourth-order valence-corrected chi connectivity index (χ4v) is 2.71. The van der Waals surface area contributed by atoms with Crippen LogP contribution in [0.1, 0.15) is 25.8 Å². The molecule has 0 fully saturated rings. The number of carbonyl (C=O) groups excluding carboxylic acids is 2. The molecule has 0 radical (unpaired) electrons. The van der Waals surface area contributed by atoms with E-state index in [0.29, 0.717) is 18.8 Å². The minimum Gasteiger partial charge on any atom is -0.467 e. The Bertz CT molecular complexity index is 708. The van der Waals surface area contributed by atoms with E-state index in [-0.39, 0.29) is 5.91 Å². The second kappa shape index (κ2) is 9.20. The van der Waals surface area contributed by atoms with Gasteiger partial charge in [0.25, 0.3) is 0 Å². The molecule has 1 aromatic carbocycles. The first-order valence-corrected chi connectivity index (χ1v) is 8.67. The first-order valence-electron chi connectivity index (χ1n) is 8.67. The van der Waals surface area contributed by atoms with E-state index < -0.39 is 18.1 Å². The van der Waals surface area contributed by atoms with Crippen LogP contribution in [0.4, 0.5) is 0 Å². The Morgan fingerprint density at radius 3 is 2.42 bits per heavy atom. The van der Waals surface area contributed by atoms with Gasteiger partial charge in [-0.05, 0) is 30.0 Å². The van der Waals surface area contributed by atoms with Crippen molar-refractivity contribution in [3.05, 3.63) is 48.2 Å². The summed E-state index contributed by atoms with van der Waals surface area (Å²) in [4.78, 5) is 24.3. The monoisotopic (exact) mass is 358 g/mol. The molecule has 0 saturated carbocycles. The largest absolute Gasteiger partial charge is 0.467 e. The lowest BCUT2D eigenvalue weighted by molar-refractivity contribution is -0.145. The number of ether oxygens (including phenoxy) is 1. The van der Waals surface area contributed by atoms with E-state index in [1.807, 2.05) is 50.2 Å². The van der Waals surface area contributed by atoms with Gasteiger partial charge in [-0.15, -0.1) is 0 Å². The fourth-order valence-electron chi connectivity index (χ4n) is 2.71. The van der Waals surface area contributed by atoms with Gasteiger partial charge in [0.2, 0.25) is 5.91 Å². The van der Waals surface area contributed by atoms with Crippen molar-refractivity contribution in [2.45, 2.75) is 38.8 Å². The molecule has 0 saturated heterocycles. The van der Waals surface area contributed by atoms with Gasteiger partial charge in [-0.25, -0.2) is 4.79 Å². The minimum absolute atomic E-state index is 0.293. The summed E-state index contributed by atoms with van der Waals surface area (Å²) < 4.78 is 10.2. The molecule has 1 amide bonds. The Morgan fingerprint density at radius 2 is 1.88 bits per heavy atom. The van der Waals surface area contributed by atoms with E-state index in [2.05, 4.69) is 5.32 Å². The summed E-state index contributed by atoms with van der Waals surface area (Å²) in [5.74, 6) is 0.224. The third kappa shape index (κ3) is 5.46. The van der Waals surface area contributed by atoms with Gasteiger partial charge in [0, 0.05) is 12.0 Å². The zero-order chi connectivity index (χ0) is 19.1. The second-order valence-corrected chi connectivity index (χ2v) is 6.70. The SMILES string of the molecule is COC(=O)[C@H](Cc1ccc(-c2ccco2)cc1)NC(=O)[C@@H](N)CC(C)C. The predicted octanol–water partition coefficient (Wildman–Crippen LogP) is 2.52. The van der Waals surface area contributed by atoms with E-state index in [1.54, 1.807) is 6.26 Å². The molecule has 26 heavy (non-hydrogen) atoms. The molecule has 0 unspecified atom stereocenters. The number of rotatable bonds is 8. The molecular formula is C20H26N2O4. The van der Waals surface area contributed by atoms with Crippen molar-refractivity contribution < 1.29 is 18.7 Å². The molecule has 0 spiro atoms. The van der Waals surface area contributed by atoms with E-state index in [9.17, 15) is 9.59 Å². The zero-order valence-corrected chi connectivity index (χ0v) is 15.4. The third-order valence-corrected chi connectivity index (χ3v) is 4.06. The Kier molecular flexibility index (Phi) is 6.97. The Labute approximate surface area is 153 Å². The lowest BCUT2D eigenvalue weighted by atomic mass is 10.0. The number of nitrogens with two attached hydrogens (primary N) is 1. The van der Waals surface area contributed by atoms with Crippen LogP contribution in [0.2, 0.25) is 0 Å². The molecule has 2 atom stereocenters. The van der Waals surface area contributed by atoms with Gasteiger partial charge in [0.1, 0.15) is 11.8 Å². The molecule has 0 aliphatic rings. The maximum Gasteiger partial charge on any atom is 0.328 e. The molecular weight excluding hydrogens is 332 g/mol. The molecule has 0 bridgehead atoms. The zero-order valence-electron chi connectivity index (χ0n) is 15.4.